The molecule has 2 aromatic rings. The minimum absolute atomic E-state index is 0.0893. The van der Waals surface area contributed by atoms with Crippen LogP contribution in [0.5, 0.6) is 0 Å². The fourth-order valence-electron chi connectivity index (χ4n) is 1.89. The Morgan fingerprint density at radius 3 is 1.83 bits per heavy atom. The van der Waals surface area contributed by atoms with Crippen LogP contribution in [0.3, 0.4) is 0 Å². The molecule has 0 unspecified atom stereocenters. The molecule has 0 fully saturated rings. The second-order valence-corrected chi connectivity index (χ2v) is 5.32. The van der Waals surface area contributed by atoms with E-state index in [4.69, 9.17) is 39.0 Å². The molecular formula is C17H8Cl2N4. The molecule has 0 aliphatic carbocycles. The Kier molecular flexibility index (Phi) is 5.23. The molecule has 2 aromatic carbocycles. The van der Waals surface area contributed by atoms with E-state index in [0.29, 0.717) is 15.7 Å². The van der Waals surface area contributed by atoms with Gasteiger partial charge in [-0.05, 0) is 41.5 Å². The smallest absolute Gasteiger partial charge is 0.163 e. The summed E-state index contributed by atoms with van der Waals surface area (Å²) in [6.07, 6.45) is 0. The van der Waals surface area contributed by atoms with Crippen molar-refractivity contribution >= 4 is 28.9 Å². The zero-order valence-electron chi connectivity index (χ0n) is 11.6. The van der Waals surface area contributed by atoms with Crippen molar-refractivity contribution in [3.05, 3.63) is 63.8 Å². The number of allylic oxidation sites excluding steroid dienone is 2. The molecule has 0 atom stereocenters. The van der Waals surface area contributed by atoms with Gasteiger partial charge in [-0.3, -0.25) is 0 Å². The van der Waals surface area contributed by atoms with E-state index in [9.17, 15) is 0 Å². The summed E-state index contributed by atoms with van der Waals surface area (Å²) in [5.41, 5.74) is 1.98. The summed E-state index contributed by atoms with van der Waals surface area (Å²) < 4.78 is 0. The minimum atomic E-state index is -0.266. The lowest BCUT2D eigenvalue weighted by Crippen LogP contribution is -2.00. The highest BCUT2D eigenvalue weighted by molar-refractivity contribution is 6.35. The lowest BCUT2D eigenvalue weighted by Gasteiger charge is -2.07. The van der Waals surface area contributed by atoms with Gasteiger partial charge >= 0.3 is 0 Å². The number of anilines is 1. The van der Waals surface area contributed by atoms with Crippen LogP contribution in [0.1, 0.15) is 0 Å². The van der Waals surface area contributed by atoms with E-state index < -0.39 is 0 Å². The van der Waals surface area contributed by atoms with E-state index in [2.05, 4.69) is 5.32 Å². The van der Waals surface area contributed by atoms with Crippen LogP contribution in [0.15, 0.2) is 53.7 Å². The molecule has 6 heteroatoms. The largest absolute Gasteiger partial charge is 0.345 e. The molecule has 0 bridgehead atoms. The van der Waals surface area contributed by atoms with Crippen molar-refractivity contribution in [2.45, 2.75) is 0 Å². The molecule has 23 heavy (non-hydrogen) atoms. The number of hydrogen-bond donors (Lipinski definition) is 1. The molecule has 0 aliphatic rings. The van der Waals surface area contributed by atoms with Gasteiger partial charge in [0.25, 0.3) is 0 Å². The van der Waals surface area contributed by atoms with Crippen LogP contribution >= 0.6 is 23.2 Å². The Labute approximate surface area is 143 Å². The van der Waals surface area contributed by atoms with Crippen LogP contribution in [0, 0.1) is 34.0 Å². The van der Waals surface area contributed by atoms with Gasteiger partial charge in [-0.15, -0.1) is 0 Å². The van der Waals surface area contributed by atoms with Crippen molar-refractivity contribution in [1.29, 1.82) is 15.8 Å². The highest BCUT2D eigenvalue weighted by Crippen LogP contribution is 2.28. The topological polar surface area (TPSA) is 83.4 Å². The Bertz CT molecular complexity index is 858. The van der Waals surface area contributed by atoms with E-state index in [0.717, 1.165) is 11.1 Å². The molecule has 1 N–H and O–H groups in total. The normalized spacial score (nSPS) is 9.17. The third-order valence-corrected chi connectivity index (χ3v) is 3.37. The van der Waals surface area contributed by atoms with E-state index in [-0.39, 0.29) is 11.3 Å². The summed E-state index contributed by atoms with van der Waals surface area (Å²) in [6.45, 7) is 0. The van der Waals surface area contributed by atoms with Crippen LogP contribution in [0.4, 0.5) is 5.69 Å². The molecule has 2 rings (SSSR count). The molecule has 0 aromatic heterocycles. The number of benzene rings is 2. The number of nitrogens with one attached hydrogen (secondary N) is 1. The fraction of sp³-hybridized carbons (Fsp3) is 0. The Morgan fingerprint density at radius 2 is 1.35 bits per heavy atom. The maximum Gasteiger partial charge on any atom is 0.163 e. The number of halogens is 2. The molecule has 0 saturated heterocycles. The van der Waals surface area contributed by atoms with Gasteiger partial charge in [0.15, 0.2) is 5.57 Å². The van der Waals surface area contributed by atoms with E-state index >= 15 is 0 Å². The SMILES string of the molecule is N#CC(C#N)=C(C#N)Nc1ccc(-c2cc(Cl)cc(Cl)c2)cc1. The molecule has 0 aliphatic heterocycles. The molecular weight excluding hydrogens is 331 g/mol. The van der Waals surface area contributed by atoms with Crippen molar-refractivity contribution in [2.75, 3.05) is 5.32 Å². The maximum atomic E-state index is 9.01. The van der Waals surface area contributed by atoms with Gasteiger partial charge in [-0.25, -0.2) is 0 Å². The van der Waals surface area contributed by atoms with Crippen LogP contribution in [-0.2, 0) is 0 Å². The summed E-state index contributed by atoms with van der Waals surface area (Å²) in [5.74, 6) is 0. The van der Waals surface area contributed by atoms with E-state index in [1.54, 1.807) is 48.5 Å². The third-order valence-electron chi connectivity index (χ3n) is 2.94. The second kappa shape index (κ2) is 7.34. The van der Waals surface area contributed by atoms with Crippen LogP contribution in [0.25, 0.3) is 11.1 Å². The Balaban J connectivity index is 2.31. The van der Waals surface area contributed by atoms with Crippen LogP contribution in [-0.4, -0.2) is 0 Å². The average molecular weight is 339 g/mol. The number of nitriles is 3. The first-order chi connectivity index (χ1) is 11.1. The molecule has 0 spiro atoms. The minimum Gasteiger partial charge on any atom is -0.345 e. The highest BCUT2D eigenvalue weighted by atomic mass is 35.5. The maximum absolute atomic E-state index is 9.01. The molecule has 4 nitrogen and oxygen atoms in total. The summed E-state index contributed by atoms with van der Waals surface area (Å²) in [4.78, 5) is 0. The first kappa shape index (κ1) is 16.4. The van der Waals surface area contributed by atoms with Gasteiger partial charge in [0.05, 0.1) is 0 Å². The van der Waals surface area contributed by atoms with Gasteiger partial charge in [-0.1, -0.05) is 35.3 Å². The van der Waals surface area contributed by atoms with Gasteiger partial charge in [0.1, 0.15) is 23.9 Å². The van der Waals surface area contributed by atoms with Crippen molar-refractivity contribution in [1.82, 2.24) is 0 Å². The van der Waals surface area contributed by atoms with Crippen LogP contribution < -0.4 is 5.32 Å². The van der Waals surface area contributed by atoms with Gasteiger partial charge in [-0.2, -0.15) is 15.8 Å². The fourth-order valence-corrected chi connectivity index (χ4v) is 2.42. The summed E-state index contributed by atoms with van der Waals surface area (Å²) in [7, 11) is 0. The Hall–Kier alpha value is -2.97. The van der Waals surface area contributed by atoms with Gasteiger partial charge in [0, 0.05) is 15.7 Å². The van der Waals surface area contributed by atoms with E-state index in [1.165, 1.54) is 0 Å². The summed E-state index contributed by atoms with van der Waals surface area (Å²) >= 11 is 12.0. The Morgan fingerprint density at radius 1 is 0.783 bits per heavy atom. The van der Waals surface area contributed by atoms with Crippen LogP contribution in [0.2, 0.25) is 10.0 Å². The third kappa shape index (κ3) is 4.02. The van der Waals surface area contributed by atoms with Crippen molar-refractivity contribution < 1.29 is 0 Å². The molecule has 0 heterocycles. The lowest BCUT2D eigenvalue weighted by molar-refractivity contribution is 1.37. The van der Waals surface area contributed by atoms with Crippen molar-refractivity contribution in [2.24, 2.45) is 0 Å². The molecule has 0 radical (unpaired) electrons. The molecule has 0 saturated carbocycles. The first-order valence-corrected chi connectivity index (χ1v) is 7.11. The number of hydrogen-bond acceptors (Lipinski definition) is 4. The second-order valence-electron chi connectivity index (χ2n) is 4.45. The van der Waals surface area contributed by atoms with Crippen molar-refractivity contribution in [3.63, 3.8) is 0 Å². The number of rotatable bonds is 3. The monoisotopic (exact) mass is 338 g/mol. The van der Waals surface area contributed by atoms with E-state index in [1.807, 2.05) is 12.1 Å². The zero-order chi connectivity index (χ0) is 16.8. The van der Waals surface area contributed by atoms with Crippen molar-refractivity contribution in [3.8, 4) is 29.3 Å². The zero-order valence-corrected chi connectivity index (χ0v) is 13.2. The lowest BCUT2D eigenvalue weighted by atomic mass is 10.1. The number of nitrogens with zero attached hydrogens (tertiary/aromatic N) is 3. The first-order valence-electron chi connectivity index (χ1n) is 6.35. The quantitative estimate of drug-likeness (QED) is 0.807. The predicted molar refractivity (Wildman–Crippen MR) is 89.4 cm³/mol. The average Bonchev–Trinajstić information content (AvgIpc) is 2.54. The highest BCUT2D eigenvalue weighted by Gasteiger charge is 2.07. The predicted octanol–water partition coefficient (Wildman–Crippen LogP) is 4.90. The molecule has 110 valence electrons. The van der Waals surface area contributed by atoms with Gasteiger partial charge < -0.3 is 5.32 Å². The summed E-state index contributed by atoms with van der Waals surface area (Å²) in [6, 6.07) is 17.5. The standard InChI is InChI=1S/C17H8Cl2N4/c18-14-5-12(6-15(19)7-14)11-1-3-16(4-2-11)23-17(10-22)13(8-20)9-21/h1-7,23H. The summed E-state index contributed by atoms with van der Waals surface area (Å²) in [5, 5.41) is 30.5. The molecule has 0 amide bonds. The van der Waals surface area contributed by atoms with Gasteiger partial charge in [0.2, 0.25) is 0 Å².